The molecule has 36 heavy (non-hydrogen) atoms. The molecule has 0 aromatic heterocycles. The molecular weight excluding hydrogens is 446 g/mol. The zero-order valence-electron chi connectivity index (χ0n) is 21.9. The topological polar surface area (TPSA) is 75.4 Å². The molecule has 3 aliphatic carbocycles. The summed E-state index contributed by atoms with van der Waals surface area (Å²) in [6.45, 7) is 1.48. The largest absolute Gasteiger partial charge is 0.343 e. The minimum absolute atomic E-state index is 0.0534. The minimum atomic E-state index is -0.514. The summed E-state index contributed by atoms with van der Waals surface area (Å²) in [5.41, 5.74) is 9.15. The summed E-state index contributed by atoms with van der Waals surface area (Å²) < 4.78 is 0. The number of fused-ring (bicyclic) bond motifs is 2. The van der Waals surface area contributed by atoms with Gasteiger partial charge in [0.2, 0.25) is 11.8 Å². The molecule has 2 amide bonds. The van der Waals surface area contributed by atoms with Crippen LogP contribution in [-0.4, -0.2) is 41.9 Å². The van der Waals surface area contributed by atoms with E-state index in [1.54, 1.807) is 0 Å². The number of allylic oxidation sites excluding steroid dienone is 1. The maximum Gasteiger partial charge on any atom is 0.245 e. The lowest BCUT2D eigenvalue weighted by Crippen LogP contribution is -2.55. The Bertz CT molecular complexity index is 937. The number of benzene rings is 1. The van der Waals surface area contributed by atoms with Gasteiger partial charge in [-0.1, -0.05) is 101 Å². The van der Waals surface area contributed by atoms with Crippen LogP contribution in [0.25, 0.3) is 6.08 Å². The molecule has 0 radical (unpaired) electrons. The molecular formula is C31H45N3O2. The molecule has 2 atom stereocenters. The highest BCUT2D eigenvalue weighted by Gasteiger charge is 2.40. The van der Waals surface area contributed by atoms with Crippen LogP contribution < -0.4 is 11.1 Å². The van der Waals surface area contributed by atoms with E-state index in [0.717, 1.165) is 38.8 Å². The predicted octanol–water partition coefficient (Wildman–Crippen LogP) is 5.33. The zero-order valence-corrected chi connectivity index (χ0v) is 21.9. The van der Waals surface area contributed by atoms with E-state index in [4.69, 9.17) is 5.73 Å². The van der Waals surface area contributed by atoms with Crippen molar-refractivity contribution in [3.8, 4) is 0 Å². The Hall–Kier alpha value is -2.14. The maximum atomic E-state index is 13.8. The van der Waals surface area contributed by atoms with Gasteiger partial charge in [0.1, 0.15) is 6.04 Å². The third kappa shape index (κ3) is 5.72. The minimum Gasteiger partial charge on any atom is -0.343 e. The quantitative estimate of drug-likeness (QED) is 0.542. The number of hydrogen-bond donors (Lipinski definition) is 2. The van der Waals surface area contributed by atoms with E-state index >= 15 is 0 Å². The molecule has 1 aliphatic heterocycles. The van der Waals surface area contributed by atoms with Crippen molar-refractivity contribution >= 4 is 17.9 Å². The predicted molar refractivity (Wildman–Crippen MR) is 145 cm³/mol. The van der Waals surface area contributed by atoms with Crippen molar-refractivity contribution in [3.05, 3.63) is 41.5 Å². The van der Waals surface area contributed by atoms with E-state index in [-0.39, 0.29) is 17.2 Å². The van der Waals surface area contributed by atoms with Crippen LogP contribution in [0.1, 0.15) is 101 Å². The summed E-state index contributed by atoms with van der Waals surface area (Å²) in [6.07, 6.45) is 20.2. The number of carbonyl (C=O) groups is 2. The fraction of sp³-hybridized carbons (Fsp3) is 0.677. The summed E-state index contributed by atoms with van der Waals surface area (Å²) in [5, 5.41) is 3.16. The first-order chi connectivity index (χ1) is 17.5. The molecule has 2 saturated carbocycles. The molecule has 0 bridgehead atoms. The summed E-state index contributed by atoms with van der Waals surface area (Å²) >= 11 is 0. The Labute approximate surface area is 217 Å². The number of nitrogens with zero attached hydrogens (tertiary/aromatic N) is 1. The Morgan fingerprint density at radius 1 is 0.917 bits per heavy atom. The molecule has 3 fully saturated rings. The van der Waals surface area contributed by atoms with Crippen LogP contribution in [0.2, 0.25) is 0 Å². The number of carbonyl (C=O) groups excluding carboxylic acids is 2. The van der Waals surface area contributed by atoms with Gasteiger partial charge >= 0.3 is 0 Å². The first-order valence-electron chi connectivity index (χ1n) is 14.7. The average molecular weight is 492 g/mol. The van der Waals surface area contributed by atoms with Crippen molar-refractivity contribution in [2.45, 2.75) is 107 Å². The van der Waals surface area contributed by atoms with Crippen molar-refractivity contribution in [3.63, 3.8) is 0 Å². The average Bonchev–Trinajstić information content (AvgIpc) is 3.27. The fourth-order valence-electron chi connectivity index (χ4n) is 7.36. The molecule has 1 heterocycles. The highest BCUT2D eigenvalue weighted by atomic mass is 16.2. The van der Waals surface area contributed by atoms with E-state index in [1.165, 1.54) is 75.3 Å². The smallest absolute Gasteiger partial charge is 0.245 e. The second-order valence-corrected chi connectivity index (χ2v) is 12.0. The van der Waals surface area contributed by atoms with Crippen molar-refractivity contribution < 1.29 is 9.59 Å². The van der Waals surface area contributed by atoms with Crippen LogP contribution >= 0.6 is 0 Å². The molecule has 196 valence electrons. The van der Waals surface area contributed by atoms with Gasteiger partial charge in [0.15, 0.2) is 0 Å². The molecule has 5 rings (SSSR count). The van der Waals surface area contributed by atoms with Crippen LogP contribution in [0.15, 0.2) is 30.3 Å². The van der Waals surface area contributed by atoms with E-state index in [9.17, 15) is 9.59 Å². The number of piperidine rings is 1. The lowest BCUT2D eigenvalue weighted by atomic mass is 9.74. The SMILES string of the molecule is N[C@@H](CC1CCCCC1)C(=O)N[C@@H](CC1CCCCC1)C(=O)N1CCC2(C=Cc3ccccc32)CC1. The first-order valence-corrected chi connectivity index (χ1v) is 14.7. The standard InChI is InChI=1S/C31H45N3O2/c32-27(21-23-9-3-1-4-10-23)29(35)33-28(22-24-11-5-2-6-12-24)30(36)34-19-17-31(18-20-34)16-15-25-13-7-8-14-26(25)31/h7-8,13-16,23-24,27-28H,1-6,9-12,17-22,32H2,(H,33,35)/t27-,28-/m0/s1. The monoisotopic (exact) mass is 491 g/mol. The summed E-state index contributed by atoms with van der Waals surface area (Å²) in [4.78, 5) is 29.0. The summed E-state index contributed by atoms with van der Waals surface area (Å²) in [6, 6.07) is 7.69. The van der Waals surface area contributed by atoms with E-state index in [2.05, 4.69) is 41.7 Å². The normalized spacial score (nSPS) is 23.9. The van der Waals surface area contributed by atoms with E-state index < -0.39 is 12.1 Å². The van der Waals surface area contributed by atoms with Gasteiger partial charge in [0.05, 0.1) is 6.04 Å². The Morgan fingerprint density at radius 3 is 2.19 bits per heavy atom. The number of hydrogen-bond acceptors (Lipinski definition) is 3. The molecule has 1 saturated heterocycles. The van der Waals surface area contributed by atoms with Crippen molar-refractivity contribution in [1.29, 1.82) is 0 Å². The van der Waals surface area contributed by atoms with E-state index in [1.807, 2.05) is 4.90 Å². The van der Waals surface area contributed by atoms with Crippen molar-refractivity contribution in [2.24, 2.45) is 17.6 Å². The molecule has 1 aromatic carbocycles. The van der Waals surface area contributed by atoms with Gasteiger partial charge in [-0.05, 0) is 48.6 Å². The second kappa shape index (κ2) is 11.5. The lowest BCUT2D eigenvalue weighted by molar-refractivity contribution is -0.138. The van der Waals surface area contributed by atoms with Crippen LogP contribution in [0.4, 0.5) is 0 Å². The fourth-order valence-corrected chi connectivity index (χ4v) is 7.36. The van der Waals surface area contributed by atoms with Crippen LogP contribution in [0, 0.1) is 11.8 Å². The van der Waals surface area contributed by atoms with Gasteiger partial charge < -0.3 is 16.0 Å². The summed E-state index contributed by atoms with van der Waals surface area (Å²) in [7, 11) is 0. The molecule has 5 nitrogen and oxygen atoms in total. The number of rotatable bonds is 7. The first kappa shape index (κ1) is 25.5. The second-order valence-electron chi connectivity index (χ2n) is 12.0. The number of nitrogens with two attached hydrogens (primary N) is 1. The molecule has 3 N–H and O–H groups in total. The molecule has 0 unspecified atom stereocenters. The Morgan fingerprint density at radius 2 is 1.53 bits per heavy atom. The van der Waals surface area contributed by atoms with Crippen LogP contribution in [0.5, 0.6) is 0 Å². The zero-order chi connectivity index (χ0) is 25.0. The number of likely N-dealkylation sites (tertiary alicyclic amines) is 1. The highest BCUT2D eigenvalue weighted by molar-refractivity contribution is 5.89. The lowest BCUT2D eigenvalue weighted by Gasteiger charge is -2.41. The molecule has 1 aromatic rings. The van der Waals surface area contributed by atoms with Gasteiger partial charge in [-0.25, -0.2) is 0 Å². The summed E-state index contributed by atoms with van der Waals surface area (Å²) in [5.74, 6) is 1.04. The van der Waals surface area contributed by atoms with Gasteiger partial charge in [0, 0.05) is 18.5 Å². The van der Waals surface area contributed by atoms with Crippen LogP contribution in [-0.2, 0) is 15.0 Å². The van der Waals surface area contributed by atoms with Crippen molar-refractivity contribution in [2.75, 3.05) is 13.1 Å². The molecule has 1 spiro atoms. The van der Waals surface area contributed by atoms with E-state index in [0.29, 0.717) is 11.8 Å². The number of nitrogens with one attached hydrogen (secondary N) is 1. The Kier molecular flexibility index (Phi) is 8.15. The van der Waals surface area contributed by atoms with Gasteiger partial charge in [-0.2, -0.15) is 0 Å². The van der Waals surface area contributed by atoms with Gasteiger partial charge in [-0.3, -0.25) is 9.59 Å². The highest BCUT2D eigenvalue weighted by Crippen LogP contribution is 2.43. The van der Waals surface area contributed by atoms with Gasteiger partial charge in [0.25, 0.3) is 0 Å². The third-order valence-corrected chi connectivity index (χ3v) is 9.60. The van der Waals surface area contributed by atoms with Gasteiger partial charge in [-0.15, -0.1) is 0 Å². The maximum absolute atomic E-state index is 13.8. The molecule has 5 heteroatoms. The molecule has 4 aliphatic rings. The number of amides is 2. The Balaban J connectivity index is 1.22. The third-order valence-electron chi connectivity index (χ3n) is 9.60. The van der Waals surface area contributed by atoms with Crippen molar-refractivity contribution in [1.82, 2.24) is 10.2 Å². The van der Waals surface area contributed by atoms with Crippen LogP contribution in [0.3, 0.4) is 0 Å².